The number of nitrogens with one attached hydrogen (secondary N) is 1. The van der Waals surface area contributed by atoms with E-state index in [2.05, 4.69) is 22.4 Å². The average Bonchev–Trinajstić information content (AvgIpc) is 2.91. The smallest absolute Gasteiger partial charge is 0.119 e. The highest BCUT2D eigenvalue weighted by molar-refractivity contribution is 7.09. The van der Waals surface area contributed by atoms with Gasteiger partial charge in [0, 0.05) is 24.0 Å². The normalized spacial score (nSPS) is 12.3. The van der Waals surface area contributed by atoms with E-state index < -0.39 is 0 Å². The van der Waals surface area contributed by atoms with Gasteiger partial charge in [0.1, 0.15) is 5.75 Å². The summed E-state index contributed by atoms with van der Waals surface area (Å²) in [5.74, 6) is 0.914. The molecule has 96 valence electrons. The Kier molecular flexibility index (Phi) is 4.73. The number of hydrogen-bond acceptors (Lipinski definition) is 4. The van der Waals surface area contributed by atoms with Crippen molar-refractivity contribution in [2.24, 2.45) is 0 Å². The lowest BCUT2D eigenvalue weighted by molar-refractivity contribution is 0.414. The molecule has 0 saturated carbocycles. The number of aromatic nitrogens is 1. The van der Waals surface area contributed by atoms with Gasteiger partial charge in [-0.1, -0.05) is 12.1 Å². The fraction of sp³-hybridized carbons (Fsp3) is 0.357. The molecule has 2 aromatic rings. The van der Waals surface area contributed by atoms with Crippen LogP contribution in [-0.4, -0.2) is 25.2 Å². The van der Waals surface area contributed by atoms with Crippen LogP contribution in [-0.2, 0) is 12.8 Å². The van der Waals surface area contributed by atoms with Crippen LogP contribution in [0, 0.1) is 0 Å². The van der Waals surface area contributed by atoms with E-state index in [1.54, 1.807) is 18.4 Å². The number of nitrogens with zero attached hydrogens (tertiary/aromatic N) is 1. The van der Waals surface area contributed by atoms with E-state index in [4.69, 9.17) is 4.74 Å². The molecule has 0 radical (unpaired) electrons. The van der Waals surface area contributed by atoms with Crippen molar-refractivity contribution in [3.05, 3.63) is 46.4 Å². The Bertz CT molecular complexity index is 470. The minimum absolute atomic E-state index is 0.406. The molecule has 1 N–H and O–H groups in total. The second-order valence-electron chi connectivity index (χ2n) is 4.17. The molecule has 0 amide bonds. The Balaban J connectivity index is 2.00. The molecule has 1 unspecified atom stereocenters. The van der Waals surface area contributed by atoms with Crippen LogP contribution in [0.5, 0.6) is 5.75 Å². The molecule has 0 aliphatic heterocycles. The second-order valence-corrected chi connectivity index (χ2v) is 5.15. The van der Waals surface area contributed by atoms with Gasteiger partial charge in [-0.15, -0.1) is 11.3 Å². The van der Waals surface area contributed by atoms with Gasteiger partial charge in [0.05, 0.1) is 12.1 Å². The minimum Gasteiger partial charge on any atom is -0.497 e. The summed E-state index contributed by atoms with van der Waals surface area (Å²) in [5.41, 5.74) is 1.28. The van der Waals surface area contributed by atoms with Crippen LogP contribution in [0.1, 0.15) is 10.6 Å². The Morgan fingerprint density at radius 2 is 2.28 bits per heavy atom. The van der Waals surface area contributed by atoms with Crippen molar-refractivity contribution < 1.29 is 4.74 Å². The Hall–Kier alpha value is -1.39. The van der Waals surface area contributed by atoms with Gasteiger partial charge in [-0.05, 0) is 31.2 Å². The molecule has 1 aromatic carbocycles. The Morgan fingerprint density at radius 1 is 1.39 bits per heavy atom. The highest BCUT2D eigenvalue weighted by atomic mass is 32.1. The summed E-state index contributed by atoms with van der Waals surface area (Å²) < 4.78 is 5.25. The zero-order valence-corrected chi connectivity index (χ0v) is 11.5. The summed E-state index contributed by atoms with van der Waals surface area (Å²) in [6, 6.07) is 8.63. The first kappa shape index (κ1) is 13.1. The predicted octanol–water partition coefficient (Wildman–Crippen LogP) is 2.52. The van der Waals surface area contributed by atoms with Crippen LogP contribution in [0.3, 0.4) is 0 Å². The molecule has 1 atom stereocenters. The van der Waals surface area contributed by atoms with Crippen molar-refractivity contribution in [1.29, 1.82) is 0 Å². The van der Waals surface area contributed by atoms with E-state index in [0.29, 0.717) is 6.04 Å². The van der Waals surface area contributed by atoms with Gasteiger partial charge >= 0.3 is 0 Å². The third kappa shape index (κ3) is 3.55. The SMILES string of the molecule is CNC(Cc1cccc(OC)c1)Cc1nccs1. The third-order valence-electron chi connectivity index (χ3n) is 2.93. The van der Waals surface area contributed by atoms with Crippen LogP contribution in [0.25, 0.3) is 0 Å². The number of methoxy groups -OCH3 is 1. The first-order valence-corrected chi connectivity index (χ1v) is 6.88. The van der Waals surface area contributed by atoms with E-state index in [0.717, 1.165) is 18.6 Å². The van der Waals surface area contributed by atoms with Gasteiger partial charge in [0.25, 0.3) is 0 Å². The number of thiazole rings is 1. The van der Waals surface area contributed by atoms with Crippen LogP contribution in [0.15, 0.2) is 35.8 Å². The van der Waals surface area contributed by atoms with Crippen molar-refractivity contribution in [3.8, 4) is 5.75 Å². The quantitative estimate of drug-likeness (QED) is 0.868. The Morgan fingerprint density at radius 3 is 2.94 bits per heavy atom. The second kappa shape index (κ2) is 6.52. The van der Waals surface area contributed by atoms with Gasteiger partial charge in [-0.3, -0.25) is 0 Å². The molecular formula is C14H18N2OS. The lowest BCUT2D eigenvalue weighted by atomic mass is 10.0. The standard InChI is InChI=1S/C14H18N2OS/c1-15-12(10-14-16-6-7-18-14)8-11-4-3-5-13(9-11)17-2/h3-7,9,12,15H,8,10H2,1-2H3. The van der Waals surface area contributed by atoms with Crippen molar-refractivity contribution in [2.45, 2.75) is 18.9 Å². The van der Waals surface area contributed by atoms with E-state index in [1.165, 1.54) is 10.6 Å². The number of ether oxygens (including phenoxy) is 1. The van der Waals surface area contributed by atoms with Crippen LogP contribution in [0.2, 0.25) is 0 Å². The van der Waals surface area contributed by atoms with Crippen molar-refractivity contribution in [3.63, 3.8) is 0 Å². The van der Waals surface area contributed by atoms with E-state index >= 15 is 0 Å². The lowest BCUT2D eigenvalue weighted by Crippen LogP contribution is -2.29. The topological polar surface area (TPSA) is 34.1 Å². The third-order valence-corrected chi connectivity index (χ3v) is 3.73. The van der Waals surface area contributed by atoms with Gasteiger partial charge in [0.15, 0.2) is 0 Å². The molecule has 0 fully saturated rings. The maximum Gasteiger partial charge on any atom is 0.119 e. The predicted molar refractivity (Wildman–Crippen MR) is 75.4 cm³/mol. The molecular weight excluding hydrogens is 244 g/mol. The van der Waals surface area contributed by atoms with Crippen LogP contribution in [0.4, 0.5) is 0 Å². The maximum absolute atomic E-state index is 5.25. The molecule has 0 aliphatic carbocycles. The maximum atomic E-state index is 5.25. The monoisotopic (exact) mass is 262 g/mol. The molecule has 2 rings (SSSR count). The van der Waals surface area contributed by atoms with Gasteiger partial charge in [-0.2, -0.15) is 0 Å². The average molecular weight is 262 g/mol. The largest absolute Gasteiger partial charge is 0.497 e. The van der Waals surface area contributed by atoms with Crippen molar-refractivity contribution in [1.82, 2.24) is 10.3 Å². The molecule has 0 saturated heterocycles. The zero-order valence-electron chi connectivity index (χ0n) is 10.7. The molecule has 0 bridgehead atoms. The fourth-order valence-corrected chi connectivity index (χ4v) is 2.62. The van der Waals surface area contributed by atoms with Gasteiger partial charge in [-0.25, -0.2) is 4.98 Å². The molecule has 4 heteroatoms. The summed E-state index contributed by atoms with van der Waals surface area (Å²) in [6.07, 6.45) is 3.80. The van der Waals surface area contributed by atoms with E-state index in [1.807, 2.05) is 30.8 Å². The van der Waals surface area contributed by atoms with Gasteiger partial charge in [0.2, 0.25) is 0 Å². The van der Waals surface area contributed by atoms with Crippen molar-refractivity contribution >= 4 is 11.3 Å². The molecule has 0 spiro atoms. The van der Waals surface area contributed by atoms with Crippen LogP contribution < -0.4 is 10.1 Å². The van der Waals surface area contributed by atoms with E-state index in [9.17, 15) is 0 Å². The molecule has 18 heavy (non-hydrogen) atoms. The summed E-state index contributed by atoms with van der Waals surface area (Å²) in [6.45, 7) is 0. The Labute approximate surface area is 112 Å². The minimum atomic E-state index is 0.406. The molecule has 3 nitrogen and oxygen atoms in total. The number of likely N-dealkylation sites (N-methyl/N-ethyl adjacent to an activating group) is 1. The summed E-state index contributed by atoms with van der Waals surface area (Å²) in [5, 5.41) is 6.55. The molecule has 0 aliphatic rings. The summed E-state index contributed by atoms with van der Waals surface area (Å²) in [4.78, 5) is 4.33. The summed E-state index contributed by atoms with van der Waals surface area (Å²) in [7, 11) is 3.70. The fourth-order valence-electron chi connectivity index (χ4n) is 1.92. The van der Waals surface area contributed by atoms with Crippen molar-refractivity contribution in [2.75, 3.05) is 14.2 Å². The van der Waals surface area contributed by atoms with Gasteiger partial charge < -0.3 is 10.1 Å². The first-order chi connectivity index (χ1) is 8.81. The van der Waals surface area contributed by atoms with E-state index in [-0.39, 0.29) is 0 Å². The number of rotatable bonds is 6. The highest BCUT2D eigenvalue weighted by Gasteiger charge is 2.10. The first-order valence-electron chi connectivity index (χ1n) is 6.00. The van der Waals surface area contributed by atoms with Crippen LogP contribution >= 0.6 is 11.3 Å². The molecule has 1 heterocycles. The highest BCUT2D eigenvalue weighted by Crippen LogP contribution is 2.16. The number of hydrogen-bond donors (Lipinski definition) is 1. The lowest BCUT2D eigenvalue weighted by Gasteiger charge is -2.15. The molecule has 1 aromatic heterocycles. The number of benzene rings is 1. The zero-order chi connectivity index (χ0) is 12.8. The summed E-state index contributed by atoms with van der Waals surface area (Å²) >= 11 is 1.71.